The summed E-state index contributed by atoms with van der Waals surface area (Å²) in [6.45, 7) is 4.31. The Labute approximate surface area is 165 Å². The maximum atomic E-state index is 8.74. The molecule has 23 heavy (non-hydrogen) atoms. The van der Waals surface area contributed by atoms with E-state index in [1.807, 2.05) is 12.1 Å². The minimum atomic E-state index is 0.299. The van der Waals surface area contributed by atoms with E-state index in [0.717, 1.165) is 8.95 Å². The van der Waals surface area contributed by atoms with E-state index in [4.69, 9.17) is 5.11 Å². The summed E-state index contributed by atoms with van der Waals surface area (Å²) < 4.78 is 2.12. The maximum absolute atomic E-state index is 8.74. The number of aryl methyl sites for hydroxylation is 1. The Kier molecular flexibility index (Phi) is 15.0. The first kappa shape index (κ1) is 22.7. The number of halogens is 3. The zero-order valence-electron chi connectivity index (χ0n) is 13.7. The largest absolute Gasteiger partial charge is 0.508 e. The Balaban J connectivity index is 0.000000317. The van der Waals surface area contributed by atoms with E-state index in [-0.39, 0.29) is 0 Å². The fraction of sp³-hybridized carbons (Fsp3) is 0.368. The quantitative estimate of drug-likeness (QED) is 0.329. The third kappa shape index (κ3) is 15.0. The lowest BCUT2D eigenvalue weighted by atomic mass is 10.2. The van der Waals surface area contributed by atoms with E-state index in [1.54, 1.807) is 24.3 Å². The van der Waals surface area contributed by atoms with Crippen molar-refractivity contribution in [2.75, 3.05) is 5.33 Å². The maximum Gasteiger partial charge on any atom is 0.115 e. The lowest BCUT2D eigenvalue weighted by molar-refractivity contribution is 0.475. The van der Waals surface area contributed by atoms with Gasteiger partial charge in [0.15, 0.2) is 0 Å². The number of rotatable bonds is 4. The number of hydrogen-bond donors (Lipinski definition) is 1. The molecule has 1 N–H and O–H groups in total. The van der Waals surface area contributed by atoms with Crippen LogP contribution in [0.1, 0.15) is 38.2 Å². The van der Waals surface area contributed by atoms with Crippen LogP contribution in [0, 0.1) is 6.92 Å². The van der Waals surface area contributed by atoms with Gasteiger partial charge in [0.25, 0.3) is 0 Å². The number of alkyl halides is 1. The molecule has 2 aromatic rings. The highest BCUT2D eigenvalue weighted by Crippen LogP contribution is 2.13. The van der Waals surface area contributed by atoms with Gasteiger partial charge in [0.05, 0.1) is 0 Å². The van der Waals surface area contributed by atoms with Crippen LogP contribution in [0.25, 0.3) is 0 Å². The summed E-state index contributed by atoms with van der Waals surface area (Å²) in [4.78, 5) is 0. The molecule has 0 radical (unpaired) electrons. The lowest BCUT2D eigenvalue weighted by Crippen LogP contribution is -1.73. The third-order valence-corrected chi connectivity index (χ3v) is 4.44. The molecule has 0 aliphatic carbocycles. The fourth-order valence-corrected chi connectivity index (χ4v) is 2.42. The predicted octanol–water partition coefficient (Wildman–Crippen LogP) is 7.87. The summed E-state index contributed by atoms with van der Waals surface area (Å²) in [5, 5.41) is 9.91. The lowest BCUT2D eigenvalue weighted by Gasteiger charge is -1.89. The standard InChI is InChI=1S/C7H7Br.C6H5BrO.C6H13Br/c1-6-2-4-7(8)5-3-6;7-5-1-3-6(8)4-2-5;1-2-3-4-5-6-7/h2-5H,1H3;1-4,8H;2-6H2,1H3. The second-order valence-electron chi connectivity index (χ2n) is 5.02. The van der Waals surface area contributed by atoms with Crippen LogP contribution in [0.4, 0.5) is 0 Å². The van der Waals surface area contributed by atoms with Crippen molar-refractivity contribution >= 4 is 47.8 Å². The van der Waals surface area contributed by atoms with Gasteiger partial charge in [-0.2, -0.15) is 0 Å². The van der Waals surface area contributed by atoms with Crippen LogP contribution in [0.2, 0.25) is 0 Å². The molecule has 0 amide bonds. The van der Waals surface area contributed by atoms with Crippen molar-refractivity contribution in [3.8, 4) is 5.75 Å². The molecule has 2 rings (SSSR count). The van der Waals surface area contributed by atoms with Gasteiger partial charge in [-0.3, -0.25) is 0 Å². The molecule has 0 saturated heterocycles. The van der Waals surface area contributed by atoms with Crippen molar-refractivity contribution < 1.29 is 5.11 Å². The third-order valence-electron chi connectivity index (χ3n) is 2.82. The van der Waals surface area contributed by atoms with Crippen LogP contribution in [-0.4, -0.2) is 10.4 Å². The molecule has 0 fully saturated rings. The van der Waals surface area contributed by atoms with Gasteiger partial charge in [-0.15, -0.1) is 0 Å². The molecule has 0 heterocycles. The van der Waals surface area contributed by atoms with Gasteiger partial charge in [0.1, 0.15) is 5.75 Å². The van der Waals surface area contributed by atoms with Crippen molar-refractivity contribution in [2.45, 2.75) is 39.5 Å². The smallest absolute Gasteiger partial charge is 0.115 e. The highest BCUT2D eigenvalue weighted by atomic mass is 79.9. The van der Waals surface area contributed by atoms with Crippen LogP contribution in [0.5, 0.6) is 5.75 Å². The number of phenolic OH excluding ortho intramolecular Hbond substituents is 1. The van der Waals surface area contributed by atoms with Crippen LogP contribution in [0.15, 0.2) is 57.5 Å². The molecule has 0 atom stereocenters. The summed E-state index contributed by atoms with van der Waals surface area (Å²) >= 11 is 9.96. The summed E-state index contributed by atoms with van der Waals surface area (Å²) in [6, 6.07) is 15.1. The molecule has 128 valence electrons. The van der Waals surface area contributed by atoms with E-state index >= 15 is 0 Å². The second-order valence-corrected chi connectivity index (χ2v) is 7.65. The Hall–Kier alpha value is -0.320. The minimum absolute atomic E-state index is 0.299. The molecular formula is C19H25Br3O. The molecule has 0 aliphatic heterocycles. The fourth-order valence-electron chi connectivity index (χ4n) is 1.50. The van der Waals surface area contributed by atoms with Gasteiger partial charge in [-0.1, -0.05) is 91.7 Å². The van der Waals surface area contributed by atoms with Gasteiger partial charge < -0.3 is 5.11 Å². The van der Waals surface area contributed by atoms with E-state index in [1.165, 1.54) is 36.6 Å². The number of aromatic hydroxyl groups is 1. The van der Waals surface area contributed by atoms with E-state index in [2.05, 4.69) is 73.8 Å². The monoisotopic (exact) mass is 506 g/mol. The van der Waals surface area contributed by atoms with E-state index in [0.29, 0.717) is 5.75 Å². The number of hydrogen-bond acceptors (Lipinski definition) is 1. The minimum Gasteiger partial charge on any atom is -0.508 e. The van der Waals surface area contributed by atoms with Crippen LogP contribution in [0.3, 0.4) is 0 Å². The molecular weight excluding hydrogens is 484 g/mol. The number of unbranched alkanes of at least 4 members (excludes halogenated alkanes) is 3. The topological polar surface area (TPSA) is 20.2 Å². The van der Waals surface area contributed by atoms with E-state index in [9.17, 15) is 0 Å². The van der Waals surface area contributed by atoms with Crippen molar-refractivity contribution in [1.82, 2.24) is 0 Å². The molecule has 0 aromatic heterocycles. The molecule has 0 aliphatic rings. The summed E-state index contributed by atoms with van der Waals surface area (Å²) in [6.07, 6.45) is 5.47. The number of benzene rings is 2. The van der Waals surface area contributed by atoms with Crippen molar-refractivity contribution in [3.05, 3.63) is 63.0 Å². The summed E-state index contributed by atoms with van der Waals surface area (Å²) in [5.74, 6) is 0.299. The van der Waals surface area contributed by atoms with Gasteiger partial charge >= 0.3 is 0 Å². The molecule has 0 unspecified atom stereocenters. The van der Waals surface area contributed by atoms with Crippen LogP contribution < -0.4 is 0 Å². The summed E-state index contributed by atoms with van der Waals surface area (Å²) in [7, 11) is 0. The van der Waals surface area contributed by atoms with Crippen LogP contribution in [-0.2, 0) is 0 Å². The second kappa shape index (κ2) is 15.2. The van der Waals surface area contributed by atoms with Gasteiger partial charge in [0, 0.05) is 14.3 Å². The van der Waals surface area contributed by atoms with E-state index < -0.39 is 0 Å². The number of phenols is 1. The Morgan fingerprint density at radius 3 is 1.61 bits per heavy atom. The van der Waals surface area contributed by atoms with Crippen molar-refractivity contribution in [2.24, 2.45) is 0 Å². The Morgan fingerprint density at radius 1 is 0.783 bits per heavy atom. The molecule has 2 aromatic carbocycles. The van der Waals surface area contributed by atoms with Crippen molar-refractivity contribution in [1.29, 1.82) is 0 Å². The molecule has 0 spiro atoms. The first-order valence-electron chi connectivity index (χ1n) is 7.72. The van der Waals surface area contributed by atoms with Crippen LogP contribution >= 0.6 is 47.8 Å². The highest BCUT2D eigenvalue weighted by molar-refractivity contribution is 9.10. The van der Waals surface area contributed by atoms with Gasteiger partial charge in [0.2, 0.25) is 0 Å². The zero-order valence-corrected chi connectivity index (χ0v) is 18.5. The summed E-state index contributed by atoms with van der Waals surface area (Å²) in [5.41, 5.74) is 1.30. The first-order chi connectivity index (χ1) is 11.0. The van der Waals surface area contributed by atoms with Crippen molar-refractivity contribution in [3.63, 3.8) is 0 Å². The van der Waals surface area contributed by atoms with Gasteiger partial charge in [-0.05, 0) is 49.7 Å². The predicted molar refractivity (Wildman–Crippen MR) is 113 cm³/mol. The zero-order chi connectivity index (χ0) is 17.5. The van der Waals surface area contributed by atoms with Gasteiger partial charge in [-0.25, -0.2) is 0 Å². The first-order valence-corrected chi connectivity index (χ1v) is 10.4. The normalized spacial score (nSPS) is 9.26. The molecule has 0 bridgehead atoms. The highest BCUT2D eigenvalue weighted by Gasteiger charge is 1.84. The average molecular weight is 509 g/mol. The molecule has 0 saturated carbocycles. The molecule has 1 nitrogen and oxygen atoms in total. The average Bonchev–Trinajstić information content (AvgIpc) is 2.55. The molecule has 4 heteroatoms. The Morgan fingerprint density at radius 2 is 1.26 bits per heavy atom. The SMILES string of the molecule is CCCCCCBr.Cc1ccc(Br)cc1.Oc1ccc(Br)cc1. The Bertz CT molecular complexity index is 406.